The van der Waals surface area contributed by atoms with Crippen LogP contribution in [0.15, 0.2) is 24.3 Å². The maximum absolute atomic E-state index is 12.8. The zero-order valence-corrected chi connectivity index (χ0v) is 12.3. The number of anilines is 1. The van der Waals surface area contributed by atoms with Gasteiger partial charge in [0.25, 0.3) is 0 Å². The van der Waals surface area contributed by atoms with E-state index in [9.17, 15) is 14.0 Å². The summed E-state index contributed by atoms with van der Waals surface area (Å²) in [6.45, 7) is 5.77. The third-order valence-corrected chi connectivity index (χ3v) is 3.79. The Morgan fingerprint density at radius 2 is 1.86 bits per heavy atom. The molecule has 2 N–H and O–H groups in total. The minimum atomic E-state index is -0.993. The van der Waals surface area contributed by atoms with Gasteiger partial charge in [0.2, 0.25) is 0 Å². The van der Waals surface area contributed by atoms with Crippen molar-refractivity contribution in [2.24, 2.45) is 5.41 Å². The van der Waals surface area contributed by atoms with E-state index in [1.165, 1.54) is 24.3 Å². The lowest BCUT2D eigenvalue weighted by atomic mass is 10.1. The first-order chi connectivity index (χ1) is 9.80. The summed E-state index contributed by atoms with van der Waals surface area (Å²) in [5, 5.41) is 5.26. The van der Waals surface area contributed by atoms with Crippen LogP contribution in [0, 0.1) is 11.2 Å². The van der Waals surface area contributed by atoms with E-state index in [0.29, 0.717) is 12.1 Å². The van der Waals surface area contributed by atoms with E-state index >= 15 is 0 Å². The molecule has 0 aromatic heterocycles. The van der Waals surface area contributed by atoms with E-state index in [1.54, 1.807) is 6.92 Å². The maximum atomic E-state index is 12.8. The highest BCUT2D eigenvalue weighted by atomic mass is 19.1. The number of amides is 2. The smallest absolute Gasteiger partial charge is 0.332 e. The van der Waals surface area contributed by atoms with Crippen molar-refractivity contribution in [3.63, 3.8) is 0 Å². The maximum Gasteiger partial charge on any atom is 0.332 e. The van der Waals surface area contributed by atoms with Gasteiger partial charge in [-0.2, -0.15) is 0 Å². The second-order valence-corrected chi connectivity index (χ2v) is 5.77. The average molecular weight is 294 g/mol. The lowest BCUT2D eigenvalue weighted by Gasteiger charge is -2.20. The topological polar surface area (TPSA) is 67.4 Å². The summed E-state index contributed by atoms with van der Waals surface area (Å²) >= 11 is 0. The first-order valence-electron chi connectivity index (χ1n) is 6.83. The molecule has 1 aromatic rings. The Hall–Kier alpha value is -2.11. The van der Waals surface area contributed by atoms with Crippen LogP contribution >= 0.6 is 0 Å². The number of rotatable bonds is 4. The zero-order valence-electron chi connectivity index (χ0n) is 12.3. The Kier molecular flexibility index (Phi) is 3.89. The molecule has 6 heteroatoms. The number of urea groups is 1. The van der Waals surface area contributed by atoms with E-state index in [0.717, 1.165) is 0 Å². The van der Waals surface area contributed by atoms with Crippen LogP contribution in [-0.2, 0) is 9.53 Å². The monoisotopic (exact) mass is 294 g/mol. The number of hydrogen-bond donors (Lipinski definition) is 2. The molecule has 1 aliphatic rings. The molecule has 1 aromatic carbocycles. The van der Waals surface area contributed by atoms with Crippen molar-refractivity contribution < 1.29 is 18.7 Å². The number of nitrogens with one attached hydrogen (secondary N) is 2. The van der Waals surface area contributed by atoms with E-state index in [4.69, 9.17) is 4.74 Å². The van der Waals surface area contributed by atoms with Gasteiger partial charge in [0, 0.05) is 11.1 Å². The minimum absolute atomic E-state index is 0.262. The number of carbonyl (C=O) groups is 2. The molecule has 1 aliphatic carbocycles. The summed E-state index contributed by atoms with van der Waals surface area (Å²) in [6.07, 6.45) is 0.523. The predicted molar refractivity (Wildman–Crippen MR) is 76.3 cm³/mol. The summed E-state index contributed by atoms with van der Waals surface area (Å²) in [6, 6.07) is 4.88. The molecule has 0 bridgehead atoms. The van der Waals surface area contributed by atoms with E-state index < -0.39 is 17.5 Å². The van der Waals surface area contributed by atoms with Crippen molar-refractivity contribution in [2.75, 3.05) is 11.9 Å². The number of hydrogen-bond acceptors (Lipinski definition) is 3. The first kappa shape index (κ1) is 15.3. The fourth-order valence-electron chi connectivity index (χ4n) is 2.38. The Morgan fingerprint density at radius 3 is 2.33 bits per heavy atom. The molecule has 1 unspecified atom stereocenters. The molecule has 0 aliphatic heterocycles. The van der Waals surface area contributed by atoms with E-state index in [2.05, 4.69) is 10.6 Å². The number of carbonyl (C=O) groups excluding carboxylic acids is 2. The van der Waals surface area contributed by atoms with Gasteiger partial charge in [-0.25, -0.2) is 14.0 Å². The highest BCUT2D eigenvalue weighted by Crippen LogP contribution is 2.56. The van der Waals surface area contributed by atoms with Crippen LogP contribution in [-0.4, -0.2) is 24.1 Å². The zero-order chi connectivity index (χ0) is 15.7. The fraction of sp³-hybridized carbons (Fsp3) is 0.467. The number of benzene rings is 1. The summed E-state index contributed by atoms with van der Waals surface area (Å²) in [4.78, 5) is 24.1. The van der Waals surface area contributed by atoms with Crippen LogP contribution in [0.1, 0.15) is 27.2 Å². The Morgan fingerprint density at radius 1 is 1.29 bits per heavy atom. The Labute approximate surface area is 122 Å². The number of esters is 1. The Bertz CT molecular complexity index is 557. The third-order valence-electron chi connectivity index (χ3n) is 3.79. The van der Waals surface area contributed by atoms with Crippen LogP contribution in [0.3, 0.4) is 0 Å². The molecule has 2 amide bonds. The Balaban J connectivity index is 2.03. The number of ether oxygens (including phenoxy) is 1. The molecule has 0 heterocycles. The van der Waals surface area contributed by atoms with Crippen LogP contribution in [0.2, 0.25) is 0 Å². The van der Waals surface area contributed by atoms with Gasteiger partial charge in [-0.3, -0.25) is 0 Å². The lowest BCUT2D eigenvalue weighted by Crippen LogP contribution is -2.49. The SMILES string of the molecule is CCOC(=O)C1(NC(=O)Nc2ccc(F)cc2)CC1(C)C. The van der Waals surface area contributed by atoms with Gasteiger partial charge in [0.15, 0.2) is 0 Å². The van der Waals surface area contributed by atoms with Crippen molar-refractivity contribution in [1.82, 2.24) is 5.32 Å². The summed E-state index contributed by atoms with van der Waals surface area (Å²) in [5.74, 6) is -0.809. The van der Waals surface area contributed by atoms with Gasteiger partial charge < -0.3 is 15.4 Å². The molecule has 114 valence electrons. The van der Waals surface area contributed by atoms with Crippen LogP contribution < -0.4 is 10.6 Å². The third kappa shape index (κ3) is 2.99. The van der Waals surface area contributed by atoms with Crippen LogP contribution in [0.5, 0.6) is 0 Å². The second kappa shape index (κ2) is 5.35. The van der Waals surface area contributed by atoms with Gasteiger partial charge in [-0.1, -0.05) is 13.8 Å². The van der Waals surface area contributed by atoms with Crippen molar-refractivity contribution in [3.8, 4) is 0 Å². The lowest BCUT2D eigenvalue weighted by molar-refractivity contribution is -0.147. The highest BCUT2D eigenvalue weighted by Gasteiger charge is 2.68. The molecule has 1 atom stereocenters. The second-order valence-electron chi connectivity index (χ2n) is 5.77. The molecular weight excluding hydrogens is 275 g/mol. The van der Waals surface area contributed by atoms with Gasteiger partial charge in [0.05, 0.1) is 6.61 Å². The minimum Gasteiger partial charge on any atom is -0.464 e. The molecule has 0 saturated heterocycles. The first-order valence-corrected chi connectivity index (χ1v) is 6.83. The fourth-order valence-corrected chi connectivity index (χ4v) is 2.38. The normalized spacial score (nSPS) is 22.3. The van der Waals surface area contributed by atoms with Gasteiger partial charge in [0.1, 0.15) is 11.4 Å². The molecule has 0 radical (unpaired) electrons. The van der Waals surface area contributed by atoms with Crippen molar-refractivity contribution in [1.29, 1.82) is 0 Å². The number of halogens is 1. The molecule has 2 rings (SSSR count). The molecule has 0 spiro atoms. The van der Waals surface area contributed by atoms with Gasteiger partial charge in [-0.05, 0) is 37.6 Å². The molecular formula is C15H19FN2O3. The van der Waals surface area contributed by atoms with Crippen molar-refractivity contribution in [2.45, 2.75) is 32.7 Å². The van der Waals surface area contributed by atoms with Crippen LogP contribution in [0.25, 0.3) is 0 Å². The van der Waals surface area contributed by atoms with E-state index in [-0.39, 0.29) is 17.8 Å². The van der Waals surface area contributed by atoms with Crippen LogP contribution in [0.4, 0.5) is 14.9 Å². The van der Waals surface area contributed by atoms with E-state index in [1.807, 2.05) is 13.8 Å². The van der Waals surface area contributed by atoms with Crippen molar-refractivity contribution >= 4 is 17.7 Å². The highest BCUT2D eigenvalue weighted by molar-refractivity contribution is 5.96. The van der Waals surface area contributed by atoms with Crippen molar-refractivity contribution in [3.05, 3.63) is 30.1 Å². The largest absolute Gasteiger partial charge is 0.464 e. The quantitative estimate of drug-likeness (QED) is 0.839. The molecule has 5 nitrogen and oxygen atoms in total. The standard InChI is InChI=1S/C15H19FN2O3/c1-4-21-12(19)15(9-14(15,2)3)18-13(20)17-11-7-5-10(16)6-8-11/h5-8H,4,9H2,1-3H3,(H2,17,18,20). The molecule has 21 heavy (non-hydrogen) atoms. The predicted octanol–water partition coefficient (Wildman–Crippen LogP) is 2.68. The average Bonchev–Trinajstić information content (AvgIpc) is 2.95. The molecule has 1 saturated carbocycles. The summed E-state index contributed by atoms with van der Waals surface area (Å²) < 4.78 is 17.8. The summed E-state index contributed by atoms with van der Waals surface area (Å²) in [5.41, 5.74) is -0.890. The molecule has 1 fully saturated rings. The summed E-state index contributed by atoms with van der Waals surface area (Å²) in [7, 11) is 0. The van der Waals surface area contributed by atoms with Gasteiger partial charge >= 0.3 is 12.0 Å². The van der Waals surface area contributed by atoms with Gasteiger partial charge in [-0.15, -0.1) is 0 Å².